The molecule has 0 aliphatic carbocycles. The summed E-state index contributed by atoms with van der Waals surface area (Å²) in [7, 11) is 2.16. The zero-order chi connectivity index (χ0) is 7.65. The fourth-order valence-corrected chi connectivity index (χ4v) is 0.243. The lowest BCUT2D eigenvalue weighted by Gasteiger charge is -2.10. The van der Waals surface area contributed by atoms with Gasteiger partial charge in [-0.25, -0.2) is 4.39 Å². The summed E-state index contributed by atoms with van der Waals surface area (Å²) in [5, 5.41) is -4.49. The minimum absolute atomic E-state index is 0.679. The molecule has 3 radical (unpaired) electrons. The Kier molecular flexibility index (Phi) is 2.24. The van der Waals surface area contributed by atoms with Gasteiger partial charge in [0.2, 0.25) is 0 Å². The first-order valence-electron chi connectivity index (χ1n) is 1.95. The Bertz CT molecular complexity index is 121. The van der Waals surface area contributed by atoms with Gasteiger partial charge in [0, 0.05) is 0 Å². The van der Waals surface area contributed by atoms with Crippen molar-refractivity contribution in [2.24, 2.45) is 0 Å². The number of hydrogen-bond acceptors (Lipinski definition) is 1. The fourth-order valence-electron chi connectivity index (χ4n) is 0.159. The summed E-state index contributed by atoms with van der Waals surface area (Å²) >= 11 is 0. The standard InChI is InChI=1S/C3H3F3NOSi/c1-3(4,9)2(8)7(5)6/h1H3. The second-order valence-corrected chi connectivity index (χ2v) is 2.48. The van der Waals surface area contributed by atoms with Crippen molar-refractivity contribution >= 4 is 16.1 Å². The number of carbonyl (C=O) groups is 1. The molecule has 0 saturated heterocycles. The average molecular weight is 154 g/mol. The Morgan fingerprint density at radius 2 is 2.00 bits per heavy atom. The number of halogens is 3. The third kappa shape index (κ3) is 2.50. The molecule has 51 valence electrons. The van der Waals surface area contributed by atoms with Gasteiger partial charge in [0.25, 0.3) is 0 Å². The number of nitrogens with zero attached hydrogens (tertiary/aromatic N) is 1. The average Bonchev–Trinajstić information content (AvgIpc) is 1.62. The molecule has 0 aromatic heterocycles. The number of rotatable bonds is 1. The second-order valence-electron chi connectivity index (χ2n) is 1.54. The van der Waals surface area contributed by atoms with Gasteiger partial charge in [-0.15, -0.1) is 0 Å². The van der Waals surface area contributed by atoms with Crippen LogP contribution in [-0.2, 0) is 4.79 Å². The number of alkyl halides is 1. The van der Waals surface area contributed by atoms with Gasteiger partial charge in [-0.05, 0) is 12.3 Å². The lowest BCUT2D eigenvalue weighted by Crippen LogP contribution is -2.37. The van der Waals surface area contributed by atoms with E-state index >= 15 is 0 Å². The van der Waals surface area contributed by atoms with E-state index in [1.54, 1.807) is 0 Å². The summed E-state index contributed by atoms with van der Waals surface area (Å²) in [6.07, 6.45) is 0. The van der Waals surface area contributed by atoms with Gasteiger partial charge in [-0.3, -0.25) is 4.79 Å². The molecule has 0 aromatic carbocycles. The molecule has 6 heteroatoms. The van der Waals surface area contributed by atoms with E-state index in [0.717, 1.165) is 0 Å². The largest absolute Gasteiger partial charge is 0.315 e. The van der Waals surface area contributed by atoms with Gasteiger partial charge in [0.15, 0.2) is 5.29 Å². The van der Waals surface area contributed by atoms with Gasteiger partial charge in [0.05, 0.1) is 10.2 Å². The minimum Gasteiger partial charge on any atom is -0.266 e. The topological polar surface area (TPSA) is 20.3 Å². The van der Waals surface area contributed by atoms with Crippen LogP contribution in [0.4, 0.5) is 13.4 Å². The SMILES string of the molecule is CC(F)([Si])C(=O)N(F)F. The number of carbonyl (C=O) groups excluding carboxylic acids is 1. The summed E-state index contributed by atoms with van der Waals surface area (Å²) in [5.74, 6) is -1.92. The molecule has 1 unspecified atom stereocenters. The molecule has 9 heavy (non-hydrogen) atoms. The van der Waals surface area contributed by atoms with Gasteiger partial charge in [-0.1, -0.05) is 8.96 Å². The molecule has 0 rings (SSSR count). The van der Waals surface area contributed by atoms with Crippen LogP contribution in [-0.4, -0.2) is 26.8 Å². The van der Waals surface area contributed by atoms with Crippen molar-refractivity contribution in [1.82, 2.24) is 5.34 Å². The Hall–Kier alpha value is -0.523. The third-order valence-corrected chi connectivity index (χ3v) is 0.769. The van der Waals surface area contributed by atoms with Crippen LogP contribution in [0.25, 0.3) is 0 Å². The molecule has 0 aliphatic rings. The summed E-state index contributed by atoms with van der Waals surface area (Å²) in [6.45, 7) is 0.679. The molecule has 0 spiro atoms. The lowest BCUT2D eigenvalue weighted by molar-refractivity contribution is -0.194. The summed E-state index contributed by atoms with van der Waals surface area (Å²) in [6, 6.07) is 0. The van der Waals surface area contributed by atoms with Crippen LogP contribution in [0.3, 0.4) is 0 Å². The molecule has 0 bridgehead atoms. The zero-order valence-electron chi connectivity index (χ0n) is 4.49. The highest BCUT2D eigenvalue weighted by atomic mass is 28.1. The van der Waals surface area contributed by atoms with E-state index in [2.05, 4.69) is 10.2 Å². The van der Waals surface area contributed by atoms with E-state index in [1.165, 1.54) is 0 Å². The van der Waals surface area contributed by atoms with Gasteiger partial charge < -0.3 is 0 Å². The minimum atomic E-state index is -2.68. The smallest absolute Gasteiger partial charge is 0.266 e. The maximum Gasteiger partial charge on any atom is 0.315 e. The molecule has 2 nitrogen and oxygen atoms in total. The highest BCUT2D eigenvalue weighted by Gasteiger charge is 2.32. The van der Waals surface area contributed by atoms with E-state index in [4.69, 9.17) is 0 Å². The quantitative estimate of drug-likeness (QED) is 0.396. The van der Waals surface area contributed by atoms with Crippen LogP contribution < -0.4 is 0 Å². The first kappa shape index (κ1) is 8.48. The summed E-state index contributed by atoms with van der Waals surface area (Å²) < 4.78 is 34.3. The highest BCUT2D eigenvalue weighted by molar-refractivity contribution is 6.26. The molecule has 0 heterocycles. The van der Waals surface area contributed by atoms with E-state index in [-0.39, 0.29) is 0 Å². The lowest BCUT2D eigenvalue weighted by atomic mass is 10.4. The van der Waals surface area contributed by atoms with Crippen molar-refractivity contribution in [3.05, 3.63) is 0 Å². The molecule has 1 atom stereocenters. The van der Waals surface area contributed by atoms with E-state index in [1.807, 2.05) is 0 Å². The fraction of sp³-hybridized carbons (Fsp3) is 0.667. The van der Waals surface area contributed by atoms with E-state index in [9.17, 15) is 18.1 Å². The summed E-state index contributed by atoms with van der Waals surface area (Å²) in [4.78, 5) is 9.92. The Labute approximate surface area is 52.9 Å². The van der Waals surface area contributed by atoms with Crippen molar-refractivity contribution in [3.8, 4) is 0 Å². The van der Waals surface area contributed by atoms with Crippen LogP contribution in [0, 0.1) is 0 Å². The molecular formula is C3H3F3NOSi. The van der Waals surface area contributed by atoms with Gasteiger partial charge >= 0.3 is 5.91 Å². The highest BCUT2D eigenvalue weighted by Crippen LogP contribution is 2.09. The number of hydrogen-bond donors (Lipinski definition) is 0. The molecule has 0 aliphatic heterocycles. The van der Waals surface area contributed by atoms with Crippen LogP contribution in [0.5, 0.6) is 0 Å². The van der Waals surface area contributed by atoms with Gasteiger partial charge in [-0.2, -0.15) is 0 Å². The number of amides is 1. The molecule has 1 amide bonds. The van der Waals surface area contributed by atoms with Crippen molar-refractivity contribution in [2.75, 3.05) is 0 Å². The molecule has 0 fully saturated rings. The normalized spacial score (nSPS) is 16.6. The summed E-state index contributed by atoms with van der Waals surface area (Å²) in [5.41, 5.74) is 0. The van der Waals surface area contributed by atoms with Crippen molar-refractivity contribution in [2.45, 2.75) is 12.2 Å². The molecule has 0 saturated carbocycles. The van der Waals surface area contributed by atoms with Gasteiger partial charge in [0.1, 0.15) is 0 Å². The van der Waals surface area contributed by atoms with Crippen molar-refractivity contribution in [3.63, 3.8) is 0 Å². The van der Waals surface area contributed by atoms with Crippen molar-refractivity contribution < 1.29 is 18.1 Å². The molecular weight excluding hydrogens is 151 g/mol. The molecule has 0 N–H and O–H groups in total. The maximum absolute atomic E-state index is 12.1. The Balaban J connectivity index is 4.06. The van der Waals surface area contributed by atoms with Crippen LogP contribution >= 0.6 is 0 Å². The maximum atomic E-state index is 12.1. The first-order valence-corrected chi connectivity index (χ1v) is 2.45. The second kappa shape index (κ2) is 2.38. The van der Waals surface area contributed by atoms with Crippen LogP contribution in [0.15, 0.2) is 0 Å². The zero-order valence-corrected chi connectivity index (χ0v) is 5.49. The molecule has 0 aromatic rings. The first-order chi connectivity index (χ1) is 3.85. The predicted molar refractivity (Wildman–Crippen MR) is 24.3 cm³/mol. The predicted octanol–water partition coefficient (Wildman–Crippen LogP) is 0.438. The Morgan fingerprint density at radius 3 is 2.00 bits per heavy atom. The van der Waals surface area contributed by atoms with Crippen LogP contribution in [0.2, 0.25) is 0 Å². The van der Waals surface area contributed by atoms with E-state index in [0.29, 0.717) is 6.92 Å². The Morgan fingerprint density at radius 1 is 1.67 bits per heavy atom. The third-order valence-electron chi connectivity index (χ3n) is 0.555. The van der Waals surface area contributed by atoms with Crippen LogP contribution in [0.1, 0.15) is 6.92 Å². The monoisotopic (exact) mass is 154 g/mol. The van der Waals surface area contributed by atoms with E-state index < -0.39 is 16.5 Å². The van der Waals surface area contributed by atoms with Crippen molar-refractivity contribution in [1.29, 1.82) is 0 Å².